The quantitative estimate of drug-likeness (QED) is 0.0908. The third-order valence-electron chi connectivity index (χ3n) is 8.53. The van der Waals surface area contributed by atoms with Crippen molar-refractivity contribution in [1.29, 1.82) is 0 Å². The number of nitrogens with zero attached hydrogens (tertiary/aromatic N) is 2. The molecule has 56 heavy (non-hydrogen) atoms. The number of aliphatic hydroxyl groups excluding tert-OH is 1. The van der Waals surface area contributed by atoms with Crippen molar-refractivity contribution in [3.8, 4) is 11.3 Å². The Balaban J connectivity index is 1.68. The van der Waals surface area contributed by atoms with Crippen molar-refractivity contribution in [2.24, 2.45) is 27.9 Å². The third kappa shape index (κ3) is 12.9. The second-order valence-electron chi connectivity index (χ2n) is 12.8. The van der Waals surface area contributed by atoms with E-state index in [9.17, 15) is 33.9 Å². The number of hydrogen-bond acceptors (Lipinski definition) is 16. The van der Waals surface area contributed by atoms with Gasteiger partial charge in [-0.15, -0.1) is 11.3 Å². The van der Waals surface area contributed by atoms with Crippen LogP contribution >= 0.6 is 27.3 Å². The molecule has 1 fully saturated rings. The zero-order valence-electron chi connectivity index (χ0n) is 30.2. The molecule has 0 spiro atoms. The van der Waals surface area contributed by atoms with Crippen LogP contribution in [0.25, 0.3) is 11.3 Å². The zero-order chi connectivity index (χ0) is 40.8. The summed E-state index contributed by atoms with van der Waals surface area (Å²) in [7, 11) is 0. The number of thiazole rings is 1. The Kier molecular flexibility index (Phi) is 16.5. The summed E-state index contributed by atoms with van der Waals surface area (Å²) in [5.74, 6) is -5.16. The molecule has 2 unspecified atom stereocenters. The molecule has 0 saturated carbocycles. The van der Waals surface area contributed by atoms with Gasteiger partial charge in [0, 0.05) is 53.7 Å². The number of carbonyl (C=O) groups excluding carboxylic acids is 6. The van der Waals surface area contributed by atoms with Crippen LogP contribution in [0.15, 0.2) is 51.0 Å². The van der Waals surface area contributed by atoms with Crippen LogP contribution in [0.5, 0.6) is 0 Å². The van der Waals surface area contributed by atoms with Gasteiger partial charge >= 0.3 is 0 Å². The highest BCUT2D eigenvalue weighted by Gasteiger charge is 2.35. The van der Waals surface area contributed by atoms with Gasteiger partial charge in [-0.1, -0.05) is 28.1 Å². The zero-order valence-corrected chi connectivity index (χ0v) is 32.6. The van der Waals surface area contributed by atoms with Gasteiger partial charge in [-0.3, -0.25) is 33.8 Å². The number of benzene rings is 1. The first-order valence-electron chi connectivity index (χ1n) is 17.6. The van der Waals surface area contributed by atoms with E-state index in [2.05, 4.69) is 68.4 Å². The molecule has 17 N–H and O–H groups in total. The van der Waals surface area contributed by atoms with E-state index < -0.39 is 97.1 Å². The fraction of sp³-hybridized carbons (Fsp3) is 0.455. The number of aliphatic hydroxyl groups is 1. The Hall–Kier alpha value is -5.20. The maximum Gasteiger partial charge on any atom is 0.270 e. The second-order valence-corrected chi connectivity index (χ2v) is 14.6. The Labute approximate surface area is 334 Å². The highest BCUT2D eigenvalue weighted by atomic mass is 79.9. The molecule has 6 atom stereocenters. The first-order chi connectivity index (χ1) is 26.8. The smallest absolute Gasteiger partial charge is 0.270 e. The van der Waals surface area contributed by atoms with Gasteiger partial charge < -0.3 is 70.6 Å². The maximum absolute atomic E-state index is 14.0. The summed E-state index contributed by atoms with van der Waals surface area (Å²) in [4.78, 5) is 89.2. The van der Waals surface area contributed by atoms with Gasteiger partial charge in [0.2, 0.25) is 29.5 Å². The standard InChI is InChI=1S/C33H47BrN14O7S/c34-17-5-3-16(4-6-17)24-15-56-33(47-24)42-13-22-29(53)48-26(20-7-9-39-32(38)46-20)31(55)41-11-19(37)27(51)45-23(14-49)30(54)44-21(28(52)43-22)12-40-25(50)10-18(36)2-1-8-35/h3-6,13,15,18-21,23,26,49H,1-2,7-12,14,35-37H2,(H,40,50)(H,41,55)(H,42,47)(H,43,52)(H,44,54)(H,45,51)(H,48,53)(H3,38,39,46)/b22-13-/t18-,19?,20?,21-,23-,26-/m0/s1. The normalized spacial score (nSPS) is 24.0. The summed E-state index contributed by atoms with van der Waals surface area (Å²) in [5, 5.41) is 32.7. The summed E-state index contributed by atoms with van der Waals surface area (Å²) >= 11 is 4.61. The molecule has 2 aliphatic heterocycles. The molecule has 2 aromatic rings. The van der Waals surface area contributed by atoms with Crippen LogP contribution in [0.3, 0.4) is 0 Å². The second kappa shape index (κ2) is 21.2. The minimum Gasteiger partial charge on any atom is -0.394 e. The number of aliphatic imine (C=N–C) groups is 1. The van der Waals surface area contributed by atoms with Crippen molar-refractivity contribution in [3.63, 3.8) is 0 Å². The predicted molar refractivity (Wildman–Crippen MR) is 211 cm³/mol. The molecule has 4 rings (SSSR count). The number of rotatable bonds is 12. The van der Waals surface area contributed by atoms with Gasteiger partial charge in [0.1, 0.15) is 29.9 Å². The van der Waals surface area contributed by atoms with Gasteiger partial charge in [-0.25, -0.2) is 4.98 Å². The van der Waals surface area contributed by atoms with Crippen molar-refractivity contribution < 1.29 is 33.9 Å². The average Bonchev–Trinajstić information content (AvgIpc) is 3.65. The van der Waals surface area contributed by atoms with E-state index in [1.54, 1.807) is 5.38 Å². The molecule has 0 radical (unpaired) electrons. The van der Waals surface area contributed by atoms with E-state index in [0.717, 1.165) is 16.2 Å². The molecular weight excluding hydrogens is 816 g/mol. The first kappa shape index (κ1) is 43.5. The van der Waals surface area contributed by atoms with Gasteiger partial charge in [-0.2, -0.15) is 0 Å². The molecule has 304 valence electrons. The summed E-state index contributed by atoms with van der Waals surface area (Å²) in [6.45, 7) is -1.22. The number of guanidine groups is 1. The highest BCUT2D eigenvalue weighted by Crippen LogP contribution is 2.26. The minimum atomic E-state index is -1.60. The molecule has 0 aliphatic carbocycles. The molecular formula is C33H47BrN14O7S. The van der Waals surface area contributed by atoms with Gasteiger partial charge in [0.15, 0.2) is 11.1 Å². The van der Waals surface area contributed by atoms with Crippen LogP contribution in [-0.2, 0) is 28.8 Å². The van der Waals surface area contributed by atoms with Crippen LogP contribution in [0.2, 0.25) is 0 Å². The SMILES string of the molecule is NCCC[C@H](N)CC(=O)NC[C@@H]1NC(=O)[C@H](CO)NC(=O)C(N)CNC(=O)[C@H](C2CCN=C(N)N2)NC(=O)/C(=C/Nc2nc(-c3ccc(Br)cc3)cs2)NC1=O. The molecule has 23 heteroatoms. The molecule has 2 aliphatic rings. The number of aromatic nitrogens is 1. The van der Waals surface area contributed by atoms with Crippen molar-refractivity contribution in [1.82, 2.24) is 42.2 Å². The van der Waals surface area contributed by atoms with Gasteiger partial charge in [0.05, 0.1) is 18.3 Å². The Morgan fingerprint density at radius 1 is 1.04 bits per heavy atom. The lowest BCUT2D eigenvalue weighted by Crippen LogP contribution is -2.64. The molecule has 3 heterocycles. The number of carbonyl (C=O) groups is 6. The van der Waals surface area contributed by atoms with Gasteiger partial charge in [-0.05, 0) is 37.9 Å². The fourth-order valence-corrected chi connectivity index (χ4v) is 6.39. The first-order valence-corrected chi connectivity index (χ1v) is 19.3. The summed E-state index contributed by atoms with van der Waals surface area (Å²) < 4.78 is 0.881. The van der Waals surface area contributed by atoms with E-state index in [1.807, 2.05) is 24.3 Å². The average molecular weight is 864 g/mol. The number of nitrogens with two attached hydrogens (primary N) is 4. The number of amides is 6. The van der Waals surface area contributed by atoms with E-state index in [4.69, 9.17) is 22.9 Å². The number of anilines is 1. The molecule has 21 nitrogen and oxygen atoms in total. The van der Waals surface area contributed by atoms with Crippen molar-refractivity contribution >= 4 is 73.8 Å². The lowest BCUT2D eigenvalue weighted by Gasteiger charge is -2.31. The van der Waals surface area contributed by atoms with Crippen molar-refractivity contribution in [2.45, 2.75) is 61.9 Å². The minimum absolute atomic E-state index is 0.0265. The lowest BCUT2D eigenvalue weighted by atomic mass is 10.0. The van der Waals surface area contributed by atoms with Crippen LogP contribution in [0.4, 0.5) is 5.13 Å². The summed E-state index contributed by atoms with van der Waals surface area (Å²) in [6.07, 6.45) is 2.36. The topological polar surface area (TPSA) is 348 Å². The Morgan fingerprint density at radius 3 is 2.46 bits per heavy atom. The van der Waals surface area contributed by atoms with E-state index in [-0.39, 0.29) is 25.3 Å². The monoisotopic (exact) mass is 862 g/mol. The molecule has 1 aromatic heterocycles. The van der Waals surface area contributed by atoms with Crippen LogP contribution in [0, 0.1) is 0 Å². The third-order valence-corrected chi connectivity index (χ3v) is 9.83. The fourth-order valence-electron chi connectivity index (χ4n) is 5.43. The number of halogens is 1. The largest absolute Gasteiger partial charge is 0.394 e. The Bertz CT molecular complexity index is 1790. The molecule has 0 bridgehead atoms. The summed E-state index contributed by atoms with van der Waals surface area (Å²) in [5.41, 5.74) is 24.5. The number of nitrogens with one attached hydrogen (secondary N) is 8. The van der Waals surface area contributed by atoms with E-state index >= 15 is 0 Å². The van der Waals surface area contributed by atoms with Crippen LogP contribution < -0.4 is 65.5 Å². The molecule has 6 amide bonds. The van der Waals surface area contributed by atoms with Crippen LogP contribution in [-0.4, -0.2) is 121 Å². The highest BCUT2D eigenvalue weighted by molar-refractivity contribution is 9.10. The lowest BCUT2D eigenvalue weighted by molar-refractivity contribution is -0.134. The van der Waals surface area contributed by atoms with Crippen molar-refractivity contribution in [2.75, 3.05) is 38.1 Å². The van der Waals surface area contributed by atoms with E-state index in [1.165, 1.54) is 11.3 Å². The Morgan fingerprint density at radius 2 is 1.77 bits per heavy atom. The summed E-state index contributed by atoms with van der Waals surface area (Å²) in [6, 6.07) is 0.205. The van der Waals surface area contributed by atoms with E-state index in [0.29, 0.717) is 30.2 Å². The van der Waals surface area contributed by atoms with Crippen LogP contribution in [0.1, 0.15) is 25.7 Å². The van der Waals surface area contributed by atoms with Crippen molar-refractivity contribution in [3.05, 3.63) is 46.0 Å². The molecule has 1 saturated heterocycles. The number of hydrogen-bond donors (Lipinski definition) is 13. The van der Waals surface area contributed by atoms with Gasteiger partial charge in [0.25, 0.3) is 5.91 Å². The predicted octanol–water partition coefficient (Wildman–Crippen LogP) is -3.91. The molecule has 1 aromatic carbocycles. The maximum atomic E-state index is 14.0.